The van der Waals surface area contributed by atoms with Crippen LogP contribution in [0.3, 0.4) is 0 Å². The van der Waals surface area contributed by atoms with E-state index in [1.54, 1.807) is 17.0 Å². The molecule has 1 atom stereocenters. The van der Waals surface area contributed by atoms with E-state index in [9.17, 15) is 14.9 Å². The molecule has 0 spiro atoms. The third-order valence-corrected chi connectivity index (χ3v) is 5.22. The highest BCUT2D eigenvalue weighted by molar-refractivity contribution is 8.15. The number of thioether (sulfide) groups is 1. The highest BCUT2D eigenvalue weighted by Crippen LogP contribution is 2.29. The van der Waals surface area contributed by atoms with Crippen LogP contribution in [0.2, 0.25) is 0 Å². The Hall–Kier alpha value is -3.00. The number of non-ortho nitro benzene ring substituents is 1. The van der Waals surface area contributed by atoms with Gasteiger partial charge in [-0.2, -0.15) is 5.10 Å². The van der Waals surface area contributed by atoms with Crippen molar-refractivity contribution < 1.29 is 9.72 Å². The lowest BCUT2D eigenvalue weighted by atomic mass is 10.1. The Kier molecular flexibility index (Phi) is 5.66. The molecular weight excluding hydrogens is 364 g/mol. The molecule has 1 heterocycles. The van der Waals surface area contributed by atoms with Crippen molar-refractivity contribution >= 4 is 34.7 Å². The predicted octanol–water partition coefficient (Wildman–Crippen LogP) is 3.76. The van der Waals surface area contributed by atoms with Crippen LogP contribution in [0.5, 0.6) is 0 Å². The van der Waals surface area contributed by atoms with Gasteiger partial charge in [0.2, 0.25) is 5.91 Å². The van der Waals surface area contributed by atoms with Crippen molar-refractivity contribution in [2.45, 2.75) is 25.6 Å². The van der Waals surface area contributed by atoms with Crippen molar-refractivity contribution in [1.29, 1.82) is 0 Å². The van der Waals surface area contributed by atoms with Crippen molar-refractivity contribution in [3.05, 3.63) is 75.3 Å². The van der Waals surface area contributed by atoms with Crippen LogP contribution in [0.1, 0.15) is 23.6 Å². The molecule has 0 aromatic heterocycles. The van der Waals surface area contributed by atoms with Crippen molar-refractivity contribution in [3.63, 3.8) is 0 Å². The molecule has 27 heavy (non-hydrogen) atoms. The number of carbonyl (C=O) groups excluding carboxylic acids is 1. The normalized spacial score (nSPS) is 18.6. The van der Waals surface area contributed by atoms with Crippen molar-refractivity contribution in [1.82, 2.24) is 4.90 Å². The fourth-order valence-corrected chi connectivity index (χ4v) is 3.55. The lowest BCUT2D eigenvalue weighted by molar-refractivity contribution is -0.384. The van der Waals surface area contributed by atoms with Gasteiger partial charge >= 0.3 is 0 Å². The summed E-state index contributed by atoms with van der Waals surface area (Å²) >= 11 is 1.35. The van der Waals surface area contributed by atoms with Crippen LogP contribution in [-0.2, 0) is 11.3 Å². The van der Waals surface area contributed by atoms with E-state index in [0.717, 1.165) is 11.1 Å². The van der Waals surface area contributed by atoms with E-state index in [2.05, 4.69) is 10.2 Å². The summed E-state index contributed by atoms with van der Waals surface area (Å²) in [6.45, 7) is 4.28. The number of aryl methyl sites for hydroxylation is 1. The molecule has 1 fully saturated rings. The van der Waals surface area contributed by atoms with Crippen molar-refractivity contribution in [2.24, 2.45) is 10.2 Å². The lowest BCUT2D eigenvalue weighted by Gasteiger charge is -2.16. The van der Waals surface area contributed by atoms with Crippen molar-refractivity contribution in [3.8, 4) is 0 Å². The molecular formula is C19H18N4O3S. The number of amidine groups is 1. The molecule has 1 aliphatic heterocycles. The van der Waals surface area contributed by atoms with Crippen LogP contribution < -0.4 is 0 Å². The number of benzene rings is 2. The Morgan fingerprint density at radius 3 is 2.78 bits per heavy atom. The minimum atomic E-state index is -0.458. The molecule has 0 aliphatic carbocycles. The van der Waals surface area contributed by atoms with Gasteiger partial charge in [-0.15, -0.1) is 5.10 Å². The SMILES string of the molecule is Cc1ccccc1CN1C(=O)[C@@H](C)S/C1=N/N=C\c1cccc([N+](=O)[O-])c1. The van der Waals surface area contributed by atoms with Gasteiger partial charge in [0.1, 0.15) is 0 Å². The van der Waals surface area contributed by atoms with E-state index in [4.69, 9.17) is 0 Å². The number of nitro benzene ring substituents is 1. The summed E-state index contributed by atoms with van der Waals surface area (Å²) in [7, 11) is 0. The van der Waals surface area contributed by atoms with E-state index < -0.39 is 4.92 Å². The molecule has 1 saturated heterocycles. The van der Waals surface area contributed by atoms with Gasteiger partial charge in [0.05, 0.1) is 22.9 Å². The second-order valence-corrected chi connectivity index (χ2v) is 7.40. The number of amides is 1. The predicted molar refractivity (Wildman–Crippen MR) is 107 cm³/mol. The minimum Gasteiger partial charge on any atom is -0.284 e. The molecule has 2 aromatic rings. The second-order valence-electron chi connectivity index (χ2n) is 6.09. The van der Waals surface area contributed by atoms with Crippen LogP contribution in [0.4, 0.5) is 5.69 Å². The number of hydrogen-bond acceptors (Lipinski definition) is 6. The van der Waals surface area contributed by atoms with E-state index in [1.165, 1.54) is 30.1 Å². The number of nitrogens with zero attached hydrogens (tertiary/aromatic N) is 4. The molecule has 0 N–H and O–H groups in total. The Bertz CT molecular complexity index is 942. The first kappa shape index (κ1) is 18.8. The van der Waals surface area contributed by atoms with E-state index in [0.29, 0.717) is 17.3 Å². The van der Waals surface area contributed by atoms with E-state index >= 15 is 0 Å². The second kappa shape index (κ2) is 8.13. The summed E-state index contributed by atoms with van der Waals surface area (Å²) in [4.78, 5) is 24.5. The summed E-state index contributed by atoms with van der Waals surface area (Å²) in [6, 6.07) is 14.0. The zero-order chi connectivity index (χ0) is 19.4. The third-order valence-electron chi connectivity index (χ3n) is 4.15. The Morgan fingerprint density at radius 1 is 1.26 bits per heavy atom. The number of carbonyl (C=O) groups is 1. The molecule has 8 heteroatoms. The monoisotopic (exact) mass is 382 g/mol. The number of nitro groups is 1. The molecule has 0 unspecified atom stereocenters. The molecule has 2 aromatic carbocycles. The van der Waals surface area contributed by atoms with E-state index in [-0.39, 0.29) is 16.8 Å². The van der Waals surface area contributed by atoms with Crippen LogP contribution >= 0.6 is 11.8 Å². The standard InChI is InChI=1S/C19H18N4O3S/c1-13-6-3-4-8-16(13)12-22-18(24)14(2)27-19(22)21-20-11-15-7-5-9-17(10-15)23(25)26/h3-11,14H,12H2,1-2H3/b20-11-,21-19+/t14-/m1/s1. The van der Waals surface area contributed by atoms with Gasteiger partial charge in [0.15, 0.2) is 5.17 Å². The fraction of sp³-hybridized carbons (Fsp3) is 0.211. The number of hydrogen-bond donors (Lipinski definition) is 0. The summed E-state index contributed by atoms with van der Waals surface area (Å²) in [5.41, 5.74) is 2.72. The first-order valence-corrected chi connectivity index (χ1v) is 9.21. The van der Waals surface area contributed by atoms with Gasteiger partial charge in [-0.25, -0.2) is 0 Å². The maximum absolute atomic E-state index is 12.5. The van der Waals surface area contributed by atoms with E-state index in [1.807, 2.05) is 38.1 Å². The summed E-state index contributed by atoms with van der Waals surface area (Å²) in [6.07, 6.45) is 1.44. The Labute approximate surface area is 160 Å². The first-order valence-electron chi connectivity index (χ1n) is 8.33. The quantitative estimate of drug-likeness (QED) is 0.447. The first-order chi connectivity index (χ1) is 13.0. The average molecular weight is 382 g/mol. The zero-order valence-corrected chi connectivity index (χ0v) is 15.7. The van der Waals surface area contributed by atoms with Crippen LogP contribution in [0, 0.1) is 17.0 Å². The number of rotatable bonds is 5. The van der Waals surface area contributed by atoms with Crippen LogP contribution in [0.15, 0.2) is 58.7 Å². The molecule has 0 radical (unpaired) electrons. The molecule has 1 aliphatic rings. The summed E-state index contributed by atoms with van der Waals surface area (Å²) in [5, 5.41) is 19.4. The van der Waals surface area contributed by atoms with Gasteiger partial charge in [-0.1, -0.05) is 48.2 Å². The van der Waals surface area contributed by atoms with Crippen molar-refractivity contribution in [2.75, 3.05) is 0 Å². The molecule has 138 valence electrons. The van der Waals surface area contributed by atoms with Gasteiger partial charge in [0, 0.05) is 17.7 Å². The van der Waals surface area contributed by atoms with Crippen LogP contribution in [0.25, 0.3) is 0 Å². The molecule has 0 saturated carbocycles. The molecule has 7 nitrogen and oxygen atoms in total. The van der Waals surface area contributed by atoms with Gasteiger partial charge in [-0.3, -0.25) is 19.8 Å². The highest BCUT2D eigenvalue weighted by atomic mass is 32.2. The fourth-order valence-electron chi connectivity index (χ4n) is 2.63. The highest BCUT2D eigenvalue weighted by Gasteiger charge is 2.35. The maximum atomic E-state index is 12.5. The smallest absolute Gasteiger partial charge is 0.270 e. The van der Waals surface area contributed by atoms with Crippen LogP contribution in [-0.4, -0.2) is 32.4 Å². The molecule has 1 amide bonds. The van der Waals surface area contributed by atoms with Gasteiger partial charge in [-0.05, 0) is 25.0 Å². The topological polar surface area (TPSA) is 88.2 Å². The minimum absolute atomic E-state index is 0.00690. The lowest BCUT2D eigenvalue weighted by Crippen LogP contribution is -2.31. The maximum Gasteiger partial charge on any atom is 0.270 e. The Balaban J connectivity index is 1.81. The van der Waals surface area contributed by atoms with Gasteiger partial charge in [0.25, 0.3) is 5.69 Å². The summed E-state index contributed by atoms with van der Waals surface area (Å²) < 4.78 is 0. The van der Waals surface area contributed by atoms with Gasteiger partial charge < -0.3 is 0 Å². The third kappa shape index (κ3) is 4.40. The molecule has 0 bridgehead atoms. The molecule has 3 rings (SSSR count). The largest absolute Gasteiger partial charge is 0.284 e. The summed E-state index contributed by atoms with van der Waals surface area (Å²) in [5.74, 6) is -0.00690. The average Bonchev–Trinajstić information content (AvgIpc) is 2.91. The zero-order valence-electron chi connectivity index (χ0n) is 14.9. The Morgan fingerprint density at radius 2 is 2.04 bits per heavy atom.